The van der Waals surface area contributed by atoms with Gasteiger partial charge in [0, 0.05) is 36.6 Å². The molecule has 0 radical (unpaired) electrons. The average molecular weight is 373 g/mol. The van der Waals surface area contributed by atoms with Gasteiger partial charge in [-0.2, -0.15) is 0 Å². The lowest BCUT2D eigenvalue weighted by atomic mass is 9.93. The van der Waals surface area contributed by atoms with Crippen molar-refractivity contribution in [2.24, 2.45) is 0 Å². The highest BCUT2D eigenvalue weighted by atomic mass is 19.1. The molecule has 1 atom stereocenters. The molecule has 1 heterocycles. The number of hydrogen-bond donors (Lipinski definition) is 1. The Kier molecular flexibility index (Phi) is 7.48. The second-order valence-corrected chi connectivity index (χ2v) is 7.88. The number of aromatic nitrogens is 1. The van der Waals surface area contributed by atoms with E-state index in [1.807, 2.05) is 24.4 Å². The molecule has 1 aromatic carbocycles. The van der Waals surface area contributed by atoms with Crippen molar-refractivity contribution in [2.45, 2.75) is 77.1 Å². The van der Waals surface area contributed by atoms with Crippen molar-refractivity contribution in [3.63, 3.8) is 0 Å². The lowest BCUT2D eigenvalue weighted by molar-refractivity contribution is 0.0615. The Morgan fingerprint density at radius 2 is 1.93 bits per heavy atom. The van der Waals surface area contributed by atoms with Crippen LogP contribution in [0.4, 0.5) is 4.39 Å². The van der Waals surface area contributed by atoms with Gasteiger partial charge in [0.05, 0.1) is 12.6 Å². The molecule has 1 fully saturated rings. The van der Waals surface area contributed by atoms with Crippen molar-refractivity contribution in [3.8, 4) is 0 Å². The smallest absolute Gasteiger partial charge is 0.128 e. The number of hydrogen-bond acceptors (Lipinski definition) is 2. The van der Waals surface area contributed by atoms with Gasteiger partial charge < -0.3 is 9.67 Å². The van der Waals surface area contributed by atoms with Crippen LogP contribution in [0.1, 0.15) is 63.1 Å². The molecule has 1 aliphatic rings. The lowest BCUT2D eigenvalue weighted by Crippen LogP contribution is -2.41. The van der Waals surface area contributed by atoms with Crippen LogP contribution >= 0.6 is 0 Å². The first-order valence-electron chi connectivity index (χ1n) is 10.5. The molecule has 1 aliphatic carbocycles. The summed E-state index contributed by atoms with van der Waals surface area (Å²) in [6, 6.07) is 11.7. The standard InChI is InChI=1S/C23H33FN2O/c1-2-9-22(27)18-26(20-11-4-3-5-12-20)17-21-13-8-15-25(21)16-19-10-6-7-14-23(19)24/h6-8,10,13-15,20,22,27H,2-5,9,11-12,16-18H2,1H3/t22-/m1/s1. The molecule has 1 aromatic heterocycles. The zero-order chi connectivity index (χ0) is 19.1. The van der Waals surface area contributed by atoms with Crippen LogP contribution in [0.3, 0.4) is 0 Å². The third-order valence-corrected chi connectivity index (χ3v) is 5.75. The molecule has 1 N–H and O–H groups in total. The molecule has 3 nitrogen and oxygen atoms in total. The molecule has 148 valence electrons. The normalized spacial score (nSPS) is 16.7. The Morgan fingerprint density at radius 1 is 1.15 bits per heavy atom. The highest BCUT2D eigenvalue weighted by Gasteiger charge is 2.24. The summed E-state index contributed by atoms with van der Waals surface area (Å²) in [4.78, 5) is 2.46. The second kappa shape index (κ2) is 10.0. The summed E-state index contributed by atoms with van der Waals surface area (Å²) in [6.07, 6.45) is 9.92. The van der Waals surface area contributed by atoms with Crippen LogP contribution in [0.15, 0.2) is 42.6 Å². The van der Waals surface area contributed by atoms with Gasteiger partial charge in [-0.3, -0.25) is 4.90 Å². The van der Waals surface area contributed by atoms with Gasteiger partial charge in [0.15, 0.2) is 0 Å². The van der Waals surface area contributed by atoms with E-state index in [4.69, 9.17) is 0 Å². The predicted octanol–water partition coefficient (Wildman–Crippen LogP) is 4.97. The molecule has 0 aliphatic heterocycles. The van der Waals surface area contributed by atoms with Gasteiger partial charge in [-0.05, 0) is 37.5 Å². The van der Waals surface area contributed by atoms with E-state index in [0.717, 1.165) is 25.9 Å². The zero-order valence-electron chi connectivity index (χ0n) is 16.5. The monoisotopic (exact) mass is 372 g/mol. The minimum Gasteiger partial charge on any atom is -0.392 e. The number of aliphatic hydroxyl groups excluding tert-OH is 1. The number of rotatable bonds is 9. The summed E-state index contributed by atoms with van der Waals surface area (Å²) in [6.45, 7) is 4.20. The summed E-state index contributed by atoms with van der Waals surface area (Å²) >= 11 is 0. The van der Waals surface area contributed by atoms with Crippen LogP contribution < -0.4 is 0 Å². The molecule has 0 spiro atoms. The maximum absolute atomic E-state index is 14.1. The van der Waals surface area contributed by atoms with Gasteiger partial charge in [-0.1, -0.05) is 50.8 Å². The Balaban J connectivity index is 1.73. The van der Waals surface area contributed by atoms with Crippen molar-refractivity contribution < 1.29 is 9.50 Å². The van der Waals surface area contributed by atoms with E-state index >= 15 is 0 Å². The van der Waals surface area contributed by atoms with Crippen LogP contribution in [0, 0.1) is 5.82 Å². The molecule has 0 bridgehead atoms. The van der Waals surface area contributed by atoms with Crippen molar-refractivity contribution in [1.82, 2.24) is 9.47 Å². The van der Waals surface area contributed by atoms with Crippen molar-refractivity contribution >= 4 is 0 Å². The van der Waals surface area contributed by atoms with Gasteiger partial charge in [0.2, 0.25) is 0 Å². The fraction of sp³-hybridized carbons (Fsp3) is 0.565. The molecule has 2 aromatic rings. The molecular formula is C23H33FN2O. The topological polar surface area (TPSA) is 28.4 Å². The lowest BCUT2D eigenvalue weighted by Gasteiger charge is -2.36. The van der Waals surface area contributed by atoms with Gasteiger partial charge in [-0.15, -0.1) is 0 Å². The quantitative estimate of drug-likeness (QED) is 0.673. The largest absolute Gasteiger partial charge is 0.392 e. The van der Waals surface area contributed by atoms with Crippen LogP contribution in [-0.4, -0.2) is 33.3 Å². The van der Waals surface area contributed by atoms with E-state index in [2.05, 4.69) is 22.5 Å². The van der Waals surface area contributed by atoms with Gasteiger partial charge in [0.1, 0.15) is 5.82 Å². The molecule has 0 unspecified atom stereocenters. The number of halogens is 1. The molecule has 0 amide bonds. The first-order valence-corrected chi connectivity index (χ1v) is 10.5. The van der Waals surface area contributed by atoms with Gasteiger partial charge >= 0.3 is 0 Å². The maximum atomic E-state index is 14.1. The van der Waals surface area contributed by atoms with Crippen LogP contribution in [0.5, 0.6) is 0 Å². The molecule has 1 saturated carbocycles. The SMILES string of the molecule is CCC[C@@H](O)CN(Cc1cccn1Cc1ccccc1F)C1CCCCC1. The van der Waals surface area contributed by atoms with Gasteiger partial charge in [0.25, 0.3) is 0 Å². The van der Waals surface area contributed by atoms with Crippen molar-refractivity contribution in [1.29, 1.82) is 0 Å². The number of nitrogens with zero attached hydrogens (tertiary/aromatic N) is 2. The third kappa shape index (κ3) is 5.66. The highest BCUT2D eigenvalue weighted by molar-refractivity contribution is 5.19. The zero-order valence-corrected chi connectivity index (χ0v) is 16.5. The van der Waals surface area contributed by atoms with E-state index in [-0.39, 0.29) is 11.9 Å². The minimum atomic E-state index is -0.271. The van der Waals surface area contributed by atoms with Crippen LogP contribution in [0.2, 0.25) is 0 Å². The first-order chi connectivity index (χ1) is 13.2. The summed E-state index contributed by atoms with van der Waals surface area (Å²) < 4.78 is 16.2. The first kappa shape index (κ1) is 20.1. The Morgan fingerprint density at radius 3 is 2.67 bits per heavy atom. The van der Waals surface area contributed by atoms with Crippen molar-refractivity contribution in [3.05, 3.63) is 59.7 Å². The molecular weight excluding hydrogens is 339 g/mol. The predicted molar refractivity (Wildman–Crippen MR) is 108 cm³/mol. The summed E-state index contributed by atoms with van der Waals surface area (Å²) in [5.41, 5.74) is 1.90. The fourth-order valence-electron chi connectivity index (χ4n) is 4.25. The van der Waals surface area contributed by atoms with Gasteiger partial charge in [-0.25, -0.2) is 4.39 Å². The van der Waals surface area contributed by atoms with E-state index < -0.39 is 0 Å². The Hall–Kier alpha value is -1.65. The van der Waals surface area contributed by atoms with E-state index in [1.165, 1.54) is 43.9 Å². The maximum Gasteiger partial charge on any atom is 0.128 e. The molecule has 27 heavy (non-hydrogen) atoms. The summed E-state index contributed by atoms with van der Waals surface area (Å²) in [5.74, 6) is -0.153. The number of benzene rings is 1. The Bertz CT molecular complexity index is 693. The van der Waals surface area contributed by atoms with Crippen LogP contribution in [0.25, 0.3) is 0 Å². The third-order valence-electron chi connectivity index (χ3n) is 5.75. The Labute approximate surface area is 162 Å². The summed E-state index contributed by atoms with van der Waals surface area (Å²) in [7, 11) is 0. The van der Waals surface area contributed by atoms with E-state index in [1.54, 1.807) is 6.07 Å². The molecule has 0 saturated heterocycles. The second-order valence-electron chi connectivity index (χ2n) is 7.88. The van der Waals surface area contributed by atoms with E-state index in [0.29, 0.717) is 18.2 Å². The molecule has 4 heteroatoms. The van der Waals surface area contributed by atoms with Crippen molar-refractivity contribution in [2.75, 3.05) is 6.54 Å². The highest BCUT2D eigenvalue weighted by Crippen LogP contribution is 2.25. The fourth-order valence-corrected chi connectivity index (χ4v) is 4.25. The van der Waals surface area contributed by atoms with Crippen LogP contribution in [-0.2, 0) is 13.1 Å². The average Bonchev–Trinajstić information content (AvgIpc) is 3.11. The molecule has 3 rings (SSSR count). The summed E-state index contributed by atoms with van der Waals surface area (Å²) in [5, 5.41) is 10.4. The van der Waals surface area contributed by atoms with E-state index in [9.17, 15) is 9.50 Å². The number of aliphatic hydroxyl groups is 1. The minimum absolute atomic E-state index is 0.153.